The summed E-state index contributed by atoms with van der Waals surface area (Å²) >= 11 is 0. The lowest BCUT2D eigenvalue weighted by Gasteiger charge is -2.36. The van der Waals surface area contributed by atoms with Gasteiger partial charge in [0, 0.05) is 6.54 Å². The number of likely N-dealkylation sites (tertiary alicyclic amines) is 1. The fraction of sp³-hybridized carbons (Fsp3) is 1.00. The third-order valence-electron chi connectivity index (χ3n) is 5.35. The van der Waals surface area contributed by atoms with Crippen molar-refractivity contribution in [1.29, 1.82) is 0 Å². The molecule has 2 nitrogen and oxygen atoms in total. The molecule has 0 aromatic rings. The van der Waals surface area contributed by atoms with Crippen LogP contribution >= 0.6 is 0 Å². The zero-order chi connectivity index (χ0) is 13.7. The molecule has 19 heavy (non-hydrogen) atoms. The number of rotatable bonds is 4. The second kappa shape index (κ2) is 7.64. The van der Waals surface area contributed by atoms with Crippen molar-refractivity contribution >= 4 is 0 Å². The van der Waals surface area contributed by atoms with Gasteiger partial charge >= 0.3 is 0 Å². The van der Waals surface area contributed by atoms with Gasteiger partial charge in [-0.1, -0.05) is 26.7 Å². The predicted molar refractivity (Wildman–Crippen MR) is 81.2 cm³/mol. The SMILES string of the molecule is CCCC1CCC(O)C(CN2CCCC(C)CC2)C1. The van der Waals surface area contributed by atoms with Crippen LogP contribution in [0.1, 0.15) is 65.2 Å². The van der Waals surface area contributed by atoms with E-state index in [9.17, 15) is 5.11 Å². The summed E-state index contributed by atoms with van der Waals surface area (Å²) in [6.07, 6.45) is 10.3. The molecule has 0 spiro atoms. The Kier molecular flexibility index (Phi) is 6.15. The molecule has 1 heterocycles. The van der Waals surface area contributed by atoms with Crippen molar-refractivity contribution < 1.29 is 5.11 Å². The Morgan fingerprint density at radius 1 is 1.11 bits per heavy atom. The number of aliphatic hydroxyl groups excluding tert-OH is 1. The predicted octanol–water partition coefficient (Wildman–Crippen LogP) is 3.69. The van der Waals surface area contributed by atoms with Gasteiger partial charge in [-0.3, -0.25) is 0 Å². The highest BCUT2D eigenvalue weighted by Crippen LogP contribution is 2.33. The summed E-state index contributed by atoms with van der Waals surface area (Å²) < 4.78 is 0. The molecule has 2 heteroatoms. The van der Waals surface area contributed by atoms with E-state index in [1.165, 1.54) is 58.0 Å². The molecule has 1 aliphatic heterocycles. The minimum atomic E-state index is -0.0335. The van der Waals surface area contributed by atoms with Gasteiger partial charge in [-0.05, 0) is 69.4 Å². The van der Waals surface area contributed by atoms with Gasteiger partial charge in [-0.2, -0.15) is 0 Å². The molecule has 0 bridgehead atoms. The summed E-state index contributed by atoms with van der Waals surface area (Å²) in [4.78, 5) is 2.63. The third-order valence-corrected chi connectivity index (χ3v) is 5.35. The standard InChI is InChI=1S/C17H33NO/c1-3-5-15-7-8-17(19)16(12-15)13-18-10-4-6-14(2)9-11-18/h14-17,19H,3-13H2,1-2H3. The summed E-state index contributed by atoms with van der Waals surface area (Å²) in [6, 6.07) is 0. The van der Waals surface area contributed by atoms with Gasteiger partial charge in [0.1, 0.15) is 0 Å². The van der Waals surface area contributed by atoms with E-state index in [0.29, 0.717) is 5.92 Å². The molecule has 0 aromatic carbocycles. The summed E-state index contributed by atoms with van der Waals surface area (Å²) in [7, 11) is 0. The van der Waals surface area contributed by atoms with Crippen LogP contribution in [0.5, 0.6) is 0 Å². The number of aliphatic hydroxyl groups is 1. The van der Waals surface area contributed by atoms with E-state index in [1.54, 1.807) is 0 Å². The summed E-state index contributed by atoms with van der Waals surface area (Å²) in [5.74, 6) is 2.32. The Balaban J connectivity index is 1.82. The smallest absolute Gasteiger partial charge is 0.0580 e. The first-order chi connectivity index (χ1) is 9.19. The quantitative estimate of drug-likeness (QED) is 0.840. The van der Waals surface area contributed by atoms with Crippen molar-refractivity contribution in [2.45, 2.75) is 71.3 Å². The molecule has 1 saturated heterocycles. The van der Waals surface area contributed by atoms with Gasteiger partial charge in [0.15, 0.2) is 0 Å². The molecule has 4 unspecified atom stereocenters. The van der Waals surface area contributed by atoms with Crippen molar-refractivity contribution in [3.8, 4) is 0 Å². The van der Waals surface area contributed by atoms with E-state index in [4.69, 9.17) is 0 Å². The molecular formula is C17H33NO. The van der Waals surface area contributed by atoms with E-state index in [1.807, 2.05) is 0 Å². The summed E-state index contributed by atoms with van der Waals surface area (Å²) in [5.41, 5.74) is 0. The van der Waals surface area contributed by atoms with Gasteiger partial charge in [0.2, 0.25) is 0 Å². The molecule has 2 fully saturated rings. The van der Waals surface area contributed by atoms with E-state index in [0.717, 1.165) is 24.8 Å². The number of nitrogens with zero attached hydrogens (tertiary/aromatic N) is 1. The highest BCUT2D eigenvalue weighted by atomic mass is 16.3. The minimum Gasteiger partial charge on any atom is -0.393 e. The summed E-state index contributed by atoms with van der Waals surface area (Å²) in [5, 5.41) is 10.3. The Morgan fingerprint density at radius 3 is 2.74 bits per heavy atom. The summed E-state index contributed by atoms with van der Waals surface area (Å²) in [6.45, 7) is 8.33. The minimum absolute atomic E-state index is 0.0335. The van der Waals surface area contributed by atoms with E-state index in [2.05, 4.69) is 18.7 Å². The highest BCUT2D eigenvalue weighted by molar-refractivity contribution is 4.82. The Morgan fingerprint density at radius 2 is 1.95 bits per heavy atom. The van der Waals surface area contributed by atoms with Crippen molar-refractivity contribution in [3.63, 3.8) is 0 Å². The van der Waals surface area contributed by atoms with E-state index in [-0.39, 0.29) is 6.10 Å². The average molecular weight is 267 g/mol. The van der Waals surface area contributed by atoms with Crippen LogP contribution in [-0.4, -0.2) is 35.7 Å². The maximum Gasteiger partial charge on any atom is 0.0580 e. The van der Waals surface area contributed by atoms with Crippen molar-refractivity contribution in [1.82, 2.24) is 4.90 Å². The van der Waals surface area contributed by atoms with Gasteiger partial charge in [-0.15, -0.1) is 0 Å². The van der Waals surface area contributed by atoms with Crippen LogP contribution in [0.25, 0.3) is 0 Å². The van der Waals surface area contributed by atoms with Crippen LogP contribution in [0.2, 0.25) is 0 Å². The fourth-order valence-electron chi connectivity index (χ4n) is 4.05. The van der Waals surface area contributed by atoms with Gasteiger partial charge in [0.05, 0.1) is 6.10 Å². The molecule has 4 atom stereocenters. The van der Waals surface area contributed by atoms with Crippen LogP contribution < -0.4 is 0 Å². The molecule has 1 N–H and O–H groups in total. The second-order valence-electron chi connectivity index (χ2n) is 7.13. The van der Waals surface area contributed by atoms with Gasteiger partial charge in [0.25, 0.3) is 0 Å². The molecule has 0 radical (unpaired) electrons. The maximum absolute atomic E-state index is 10.3. The molecule has 0 aromatic heterocycles. The number of hydrogen-bond donors (Lipinski definition) is 1. The zero-order valence-corrected chi connectivity index (χ0v) is 13.0. The normalized spacial score (nSPS) is 38.1. The maximum atomic E-state index is 10.3. The van der Waals surface area contributed by atoms with Crippen LogP contribution in [0, 0.1) is 17.8 Å². The zero-order valence-electron chi connectivity index (χ0n) is 13.0. The van der Waals surface area contributed by atoms with Crippen molar-refractivity contribution in [2.24, 2.45) is 17.8 Å². The Bertz CT molecular complexity index is 256. The van der Waals surface area contributed by atoms with Crippen LogP contribution in [-0.2, 0) is 0 Å². The Hall–Kier alpha value is -0.0800. The lowest BCUT2D eigenvalue weighted by molar-refractivity contribution is 0.0261. The van der Waals surface area contributed by atoms with Crippen LogP contribution in [0.15, 0.2) is 0 Å². The molecular weight excluding hydrogens is 234 g/mol. The first-order valence-corrected chi connectivity index (χ1v) is 8.59. The van der Waals surface area contributed by atoms with E-state index >= 15 is 0 Å². The van der Waals surface area contributed by atoms with Gasteiger partial charge < -0.3 is 10.0 Å². The van der Waals surface area contributed by atoms with E-state index < -0.39 is 0 Å². The molecule has 1 aliphatic carbocycles. The topological polar surface area (TPSA) is 23.5 Å². The molecule has 1 saturated carbocycles. The van der Waals surface area contributed by atoms with Crippen LogP contribution in [0.4, 0.5) is 0 Å². The largest absolute Gasteiger partial charge is 0.393 e. The van der Waals surface area contributed by atoms with Crippen LogP contribution in [0.3, 0.4) is 0 Å². The average Bonchev–Trinajstić information content (AvgIpc) is 2.59. The highest BCUT2D eigenvalue weighted by Gasteiger charge is 2.30. The monoisotopic (exact) mass is 267 g/mol. The molecule has 2 rings (SSSR count). The first kappa shape index (κ1) is 15.3. The first-order valence-electron chi connectivity index (χ1n) is 8.59. The number of hydrogen-bond acceptors (Lipinski definition) is 2. The molecule has 112 valence electrons. The van der Waals surface area contributed by atoms with Gasteiger partial charge in [-0.25, -0.2) is 0 Å². The lowest BCUT2D eigenvalue weighted by Crippen LogP contribution is -2.39. The fourth-order valence-corrected chi connectivity index (χ4v) is 4.05. The van der Waals surface area contributed by atoms with Crippen molar-refractivity contribution in [2.75, 3.05) is 19.6 Å². The molecule has 0 amide bonds. The second-order valence-corrected chi connectivity index (χ2v) is 7.13. The van der Waals surface area contributed by atoms with Crippen molar-refractivity contribution in [3.05, 3.63) is 0 Å². The lowest BCUT2D eigenvalue weighted by atomic mass is 9.77. The third kappa shape index (κ3) is 4.75. The molecule has 2 aliphatic rings. The Labute approximate surface area is 119 Å².